The van der Waals surface area contributed by atoms with E-state index in [2.05, 4.69) is 10.6 Å². The molecule has 0 aliphatic heterocycles. The highest BCUT2D eigenvalue weighted by Crippen LogP contribution is 2.23. The first kappa shape index (κ1) is 37.0. The van der Waals surface area contributed by atoms with Crippen LogP contribution in [0.1, 0.15) is 72.8 Å². The Bertz CT molecular complexity index is 1260. The minimum Gasteiger partial charge on any atom is -0.389 e. The number of amides is 2. The standard InChI is InChI=1S/C33H52N2O6S2/c1-7-9-17-28(33(39)35-29(18-22(3)4)31(37)30(36)20-42-23(5)6)34-32(38)26(21-43(40,41)8-2)19-25-15-12-14-24-13-10-11-16-27(24)25/h10-16,22-23,26,28-31,36-37H,7-9,17-21H2,1-6H3,(H,34,38)(H,35,39)/t26-,28+,29+,30?,31?/m1/s1. The molecule has 0 aliphatic carbocycles. The fourth-order valence-electron chi connectivity index (χ4n) is 5.09. The Balaban J connectivity index is 2.31. The lowest BCUT2D eigenvalue weighted by Gasteiger charge is -2.31. The molecule has 8 nitrogen and oxygen atoms in total. The summed E-state index contributed by atoms with van der Waals surface area (Å²) in [6.07, 6.45) is 0.299. The molecule has 10 heteroatoms. The van der Waals surface area contributed by atoms with Crippen LogP contribution in [0.5, 0.6) is 0 Å². The number of thioether (sulfide) groups is 1. The maximum Gasteiger partial charge on any atom is 0.242 e. The summed E-state index contributed by atoms with van der Waals surface area (Å²) in [4.78, 5) is 27.4. The maximum absolute atomic E-state index is 13.8. The van der Waals surface area contributed by atoms with Crippen LogP contribution in [-0.2, 0) is 25.8 Å². The molecular weight excluding hydrogens is 585 g/mol. The van der Waals surface area contributed by atoms with Crippen molar-refractivity contribution in [3.05, 3.63) is 48.0 Å². The fraction of sp³-hybridized carbons (Fsp3) is 0.636. The first-order valence-electron chi connectivity index (χ1n) is 15.5. The van der Waals surface area contributed by atoms with Crippen LogP contribution in [0.25, 0.3) is 10.8 Å². The van der Waals surface area contributed by atoms with Gasteiger partial charge in [-0.15, -0.1) is 0 Å². The van der Waals surface area contributed by atoms with Gasteiger partial charge in [-0.3, -0.25) is 9.59 Å². The van der Waals surface area contributed by atoms with Gasteiger partial charge in [-0.25, -0.2) is 8.42 Å². The molecule has 0 fully saturated rings. The third kappa shape index (κ3) is 12.4. The Hall–Kier alpha value is -2.14. The number of hydrogen-bond acceptors (Lipinski definition) is 7. The van der Waals surface area contributed by atoms with E-state index >= 15 is 0 Å². The van der Waals surface area contributed by atoms with E-state index < -0.39 is 51.9 Å². The van der Waals surface area contributed by atoms with Crippen LogP contribution in [0.3, 0.4) is 0 Å². The van der Waals surface area contributed by atoms with Gasteiger partial charge in [0.1, 0.15) is 12.1 Å². The molecule has 43 heavy (non-hydrogen) atoms. The molecule has 0 heterocycles. The third-order valence-electron chi connectivity index (χ3n) is 7.55. The molecule has 0 bridgehead atoms. The van der Waals surface area contributed by atoms with Gasteiger partial charge < -0.3 is 20.8 Å². The third-order valence-corrected chi connectivity index (χ3v) is 10.5. The molecule has 0 aliphatic rings. The SMILES string of the molecule is CCCC[C@H](NC(=O)[C@H](Cc1cccc2ccccc12)CS(=O)(=O)CC)C(=O)N[C@@H](CC(C)C)C(O)C(O)CSC(C)C. The van der Waals surface area contributed by atoms with Gasteiger partial charge >= 0.3 is 0 Å². The zero-order valence-corrected chi connectivity index (χ0v) is 28.2. The molecule has 0 saturated carbocycles. The molecule has 5 atom stereocenters. The quantitative estimate of drug-likeness (QED) is 0.179. The second kappa shape index (κ2) is 18.0. The number of aliphatic hydroxyl groups is 2. The number of hydrogen-bond donors (Lipinski definition) is 4. The Kier molecular flexibility index (Phi) is 15.5. The van der Waals surface area contributed by atoms with E-state index in [-0.39, 0.29) is 29.1 Å². The highest BCUT2D eigenvalue weighted by atomic mass is 32.2. The number of fused-ring (bicyclic) bond motifs is 1. The van der Waals surface area contributed by atoms with Crippen LogP contribution in [0.15, 0.2) is 42.5 Å². The number of aliphatic hydroxyl groups excluding tert-OH is 2. The van der Waals surface area contributed by atoms with Crippen molar-refractivity contribution in [1.29, 1.82) is 0 Å². The van der Waals surface area contributed by atoms with Crippen molar-refractivity contribution in [2.75, 3.05) is 17.3 Å². The number of nitrogens with one attached hydrogen (secondary N) is 2. The van der Waals surface area contributed by atoms with E-state index in [1.807, 2.05) is 77.1 Å². The minimum atomic E-state index is -3.50. The molecule has 0 saturated heterocycles. The van der Waals surface area contributed by atoms with Crippen LogP contribution < -0.4 is 10.6 Å². The molecule has 0 spiro atoms. The summed E-state index contributed by atoms with van der Waals surface area (Å²) >= 11 is 1.53. The molecule has 0 radical (unpaired) electrons. The van der Waals surface area contributed by atoms with Crippen molar-refractivity contribution in [2.24, 2.45) is 11.8 Å². The van der Waals surface area contributed by atoms with Gasteiger partial charge in [-0.05, 0) is 46.8 Å². The summed E-state index contributed by atoms with van der Waals surface area (Å²) in [5.74, 6) is -1.76. The Morgan fingerprint density at radius 1 is 0.930 bits per heavy atom. The normalized spacial score (nSPS) is 15.7. The van der Waals surface area contributed by atoms with Crippen molar-refractivity contribution in [3.63, 3.8) is 0 Å². The number of rotatable bonds is 19. The first-order chi connectivity index (χ1) is 20.3. The second-order valence-electron chi connectivity index (χ2n) is 12.1. The predicted molar refractivity (Wildman–Crippen MR) is 178 cm³/mol. The van der Waals surface area contributed by atoms with Crippen LogP contribution in [-0.4, -0.2) is 77.2 Å². The molecule has 0 aromatic heterocycles. The summed E-state index contributed by atoms with van der Waals surface area (Å²) in [6.45, 7) is 11.5. The largest absolute Gasteiger partial charge is 0.389 e. The monoisotopic (exact) mass is 636 g/mol. The van der Waals surface area contributed by atoms with Crippen molar-refractivity contribution >= 4 is 44.2 Å². The van der Waals surface area contributed by atoms with Crippen molar-refractivity contribution in [2.45, 2.75) is 103 Å². The summed E-state index contributed by atoms with van der Waals surface area (Å²) in [7, 11) is -3.50. The number of carbonyl (C=O) groups is 2. The predicted octanol–water partition coefficient (Wildman–Crippen LogP) is 4.50. The lowest BCUT2D eigenvalue weighted by atomic mass is 9.94. The molecule has 242 valence electrons. The zero-order chi connectivity index (χ0) is 32.2. The smallest absolute Gasteiger partial charge is 0.242 e. The van der Waals surface area contributed by atoms with E-state index in [0.29, 0.717) is 25.0 Å². The molecule has 2 rings (SSSR count). The molecule has 2 aromatic rings. The van der Waals surface area contributed by atoms with Crippen LogP contribution >= 0.6 is 11.8 Å². The first-order valence-corrected chi connectivity index (χ1v) is 18.4. The highest BCUT2D eigenvalue weighted by Gasteiger charge is 2.33. The van der Waals surface area contributed by atoms with Gasteiger partial charge in [-0.2, -0.15) is 11.8 Å². The summed E-state index contributed by atoms with van der Waals surface area (Å²) in [5.41, 5.74) is 0.868. The van der Waals surface area contributed by atoms with Gasteiger partial charge in [0, 0.05) is 11.5 Å². The number of unbranched alkanes of at least 4 members (excludes halogenated alkanes) is 1. The maximum atomic E-state index is 13.8. The van der Waals surface area contributed by atoms with Gasteiger partial charge in [0.2, 0.25) is 11.8 Å². The van der Waals surface area contributed by atoms with Crippen LogP contribution in [0.2, 0.25) is 0 Å². The molecule has 2 aromatic carbocycles. The van der Waals surface area contributed by atoms with Crippen LogP contribution in [0, 0.1) is 11.8 Å². The van der Waals surface area contributed by atoms with Crippen molar-refractivity contribution in [1.82, 2.24) is 10.6 Å². The Morgan fingerprint density at radius 3 is 2.23 bits per heavy atom. The molecule has 2 unspecified atom stereocenters. The van der Waals surface area contributed by atoms with E-state index in [4.69, 9.17) is 0 Å². The van der Waals surface area contributed by atoms with Crippen molar-refractivity contribution < 1.29 is 28.2 Å². The number of sulfone groups is 1. The molecular formula is C33H52N2O6S2. The lowest BCUT2D eigenvalue weighted by molar-refractivity contribution is -0.132. The van der Waals surface area contributed by atoms with Gasteiger partial charge in [0.15, 0.2) is 9.84 Å². The van der Waals surface area contributed by atoms with Gasteiger partial charge in [-0.1, -0.05) is 96.8 Å². The lowest BCUT2D eigenvalue weighted by Crippen LogP contribution is -2.56. The fourth-order valence-corrected chi connectivity index (χ4v) is 6.98. The summed E-state index contributed by atoms with van der Waals surface area (Å²) in [5, 5.41) is 29.7. The second-order valence-corrected chi connectivity index (χ2v) is 16.1. The van der Waals surface area contributed by atoms with Gasteiger partial charge in [0.05, 0.1) is 23.8 Å². The van der Waals surface area contributed by atoms with Crippen LogP contribution in [0.4, 0.5) is 0 Å². The minimum absolute atomic E-state index is 0.0851. The van der Waals surface area contributed by atoms with E-state index in [1.54, 1.807) is 6.92 Å². The Morgan fingerprint density at radius 2 is 1.60 bits per heavy atom. The van der Waals surface area contributed by atoms with Crippen molar-refractivity contribution in [3.8, 4) is 0 Å². The van der Waals surface area contributed by atoms with E-state index in [1.165, 1.54) is 11.8 Å². The van der Waals surface area contributed by atoms with E-state index in [9.17, 15) is 28.2 Å². The summed E-state index contributed by atoms with van der Waals surface area (Å²) in [6, 6.07) is 11.9. The number of carbonyl (C=O) groups excluding carboxylic acids is 2. The molecule has 2 amide bonds. The zero-order valence-electron chi connectivity index (χ0n) is 26.6. The number of benzene rings is 2. The topological polar surface area (TPSA) is 133 Å². The van der Waals surface area contributed by atoms with E-state index in [0.717, 1.165) is 22.8 Å². The average molecular weight is 637 g/mol. The Labute approximate surface area is 262 Å². The molecule has 4 N–H and O–H groups in total. The average Bonchev–Trinajstić information content (AvgIpc) is 2.96. The highest BCUT2D eigenvalue weighted by molar-refractivity contribution is 7.99. The summed E-state index contributed by atoms with van der Waals surface area (Å²) < 4.78 is 25.5. The van der Waals surface area contributed by atoms with Gasteiger partial charge in [0.25, 0.3) is 0 Å².